The number of rotatable bonds is 6. The number of nitrogens with zero attached hydrogens (tertiary/aromatic N) is 1. The summed E-state index contributed by atoms with van der Waals surface area (Å²) < 4.78 is 2.09. The quantitative estimate of drug-likeness (QED) is 0.729. The second kappa shape index (κ2) is 7.64. The fourth-order valence-electron chi connectivity index (χ4n) is 2.78. The molecule has 1 amide bonds. The van der Waals surface area contributed by atoms with Crippen molar-refractivity contribution < 1.29 is 4.79 Å². The lowest BCUT2D eigenvalue weighted by Gasteiger charge is -2.19. The highest BCUT2D eigenvalue weighted by Crippen LogP contribution is 2.22. The molecule has 3 heteroatoms. The van der Waals surface area contributed by atoms with Gasteiger partial charge in [-0.05, 0) is 30.2 Å². The molecule has 0 spiro atoms. The van der Waals surface area contributed by atoms with Crippen molar-refractivity contribution in [1.82, 2.24) is 9.88 Å². The smallest absolute Gasteiger partial charge is 0.222 e. The lowest BCUT2D eigenvalue weighted by Crippen LogP contribution is -2.26. The van der Waals surface area contributed by atoms with Gasteiger partial charge >= 0.3 is 0 Å². The fourth-order valence-corrected chi connectivity index (χ4v) is 2.78. The van der Waals surface area contributed by atoms with Gasteiger partial charge < -0.3 is 9.88 Å². The van der Waals surface area contributed by atoms with Crippen molar-refractivity contribution in [1.29, 1.82) is 0 Å². The monoisotopic (exact) mass is 318 g/mol. The highest BCUT2D eigenvalue weighted by Gasteiger charge is 2.17. The van der Waals surface area contributed by atoms with Crippen LogP contribution in [-0.4, -0.2) is 10.5 Å². The normalized spacial score (nSPS) is 11.9. The summed E-state index contributed by atoms with van der Waals surface area (Å²) in [4.78, 5) is 12.4. The number of carbonyl (C=O) groups excluding carboxylic acids is 1. The Morgan fingerprint density at radius 3 is 2.29 bits per heavy atom. The Morgan fingerprint density at radius 1 is 0.958 bits per heavy atom. The minimum Gasteiger partial charge on any atom is -0.352 e. The zero-order valence-electron chi connectivity index (χ0n) is 13.9. The molecule has 0 radical (unpaired) electrons. The van der Waals surface area contributed by atoms with E-state index in [0.717, 1.165) is 11.1 Å². The van der Waals surface area contributed by atoms with Crippen molar-refractivity contribution in [2.45, 2.75) is 25.9 Å². The van der Waals surface area contributed by atoms with E-state index in [1.54, 1.807) is 0 Å². The fraction of sp³-hybridized carbons (Fsp3) is 0.190. The third kappa shape index (κ3) is 4.13. The molecule has 3 aromatic rings. The van der Waals surface area contributed by atoms with Crippen LogP contribution >= 0.6 is 0 Å². The van der Waals surface area contributed by atoms with Crippen LogP contribution in [0.15, 0.2) is 79.1 Å². The van der Waals surface area contributed by atoms with Crippen LogP contribution in [0.3, 0.4) is 0 Å². The minimum absolute atomic E-state index is 0.0105. The van der Waals surface area contributed by atoms with Gasteiger partial charge in [0, 0.05) is 18.9 Å². The van der Waals surface area contributed by atoms with E-state index in [0.29, 0.717) is 13.0 Å². The van der Waals surface area contributed by atoms with Gasteiger partial charge in [0.05, 0.1) is 12.5 Å². The first-order valence-corrected chi connectivity index (χ1v) is 8.22. The van der Waals surface area contributed by atoms with Crippen LogP contribution in [0.5, 0.6) is 0 Å². The van der Waals surface area contributed by atoms with Crippen molar-refractivity contribution in [3.63, 3.8) is 0 Å². The molecule has 0 unspecified atom stereocenters. The van der Waals surface area contributed by atoms with Crippen LogP contribution in [0.2, 0.25) is 0 Å². The van der Waals surface area contributed by atoms with Crippen molar-refractivity contribution in [2.75, 3.05) is 0 Å². The Kier molecular flexibility index (Phi) is 5.12. The number of aromatic nitrogens is 1. The Balaban J connectivity index is 1.70. The number of benzene rings is 2. The van der Waals surface area contributed by atoms with Crippen LogP contribution in [0.4, 0.5) is 0 Å². The molecule has 1 atom stereocenters. The average Bonchev–Trinajstić information content (AvgIpc) is 3.14. The molecule has 0 saturated heterocycles. The summed E-state index contributed by atoms with van der Waals surface area (Å²) in [5.41, 5.74) is 3.48. The number of amides is 1. The van der Waals surface area contributed by atoms with Gasteiger partial charge in [0.15, 0.2) is 0 Å². The molecule has 0 fully saturated rings. The molecule has 0 aliphatic heterocycles. The molecule has 0 bridgehead atoms. The van der Waals surface area contributed by atoms with E-state index in [1.807, 2.05) is 54.9 Å². The van der Waals surface area contributed by atoms with E-state index in [4.69, 9.17) is 0 Å². The maximum absolute atomic E-state index is 12.4. The summed E-state index contributed by atoms with van der Waals surface area (Å²) in [7, 11) is 0. The Hall–Kier alpha value is -2.81. The summed E-state index contributed by atoms with van der Waals surface area (Å²) in [5.74, 6) is 0.0538. The highest BCUT2D eigenvalue weighted by molar-refractivity contribution is 5.76. The van der Waals surface area contributed by atoms with Gasteiger partial charge in [0.1, 0.15) is 0 Å². The van der Waals surface area contributed by atoms with Gasteiger partial charge in [0.2, 0.25) is 5.91 Å². The van der Waals surface area contributed by atoms with Gasteiger partial charge in [0.25, 0.3) is 0 Å². The van der Waals surface area contributed by atoms with Gasteiger partial charge in [-0.15, -0.1) is 0 Å². The van der Waals surface area contributed by atoms with Crippen LogP contribution < -0.4 is 5.32 Å². The average molecular weight is 318 g/mol. The summed E-state index contributed by atoms with van der Waals surface area (Å²) in [6.45, 7) is 2.63. The van der Waals surface area contributed by atoms with Gasteiger partial charge in [-0.3, -0.25) is 4.79 Å². The van der Waals surface area contributed by atoms with Crippen LogP contribution in [-0.2, 0) is 11.3 Å². The number of carbonyl (C=O) groups is 1. The molecule has 0 aliphatic carbocycles. The standard InChI is InChI=1S/C21H22N2O/c1-17-9-11-19(12-10-17)20(23-13-5-6-14-23)15-21(24)22-16-18-7-3-2-4-8-18/h2-14,20H,15-16H2,1H3,(H,22,24)/t20-/m0/s1. The third-order valence-electron chi connectivity index (χ3n) is 4.16. The molecule has 3 nitrogen and oxygen atoms in total. The first kappa shape index (κ1) is 16.1. The van der Waals surface area contributed by atoms with Crippen molar-refractivity contribution in [3.8, 4) is 0 Å². The molecule has 1 N–H and O–H groups in total. The van der Waals surface area contributed by atoms with Gasteiger partial charge in [-0.2, -0.15) is 0 Å². The van der Waals surface area contributed by atoms with Crippen molar-refractivity contribution in [3.05, 3.63) is 95.8 Å². The second-order valence-electron chi connectivity index (χ2n) is 6.02. The van der Waals surface area contributed by atoms with Crippen LogP contribution in [0.1, 0.15) is 29.2 Å². The summed E-state index contributed by atoms with van der Waals surface area (Å²) in [6.07, 6.45) is 4.44. The molecule has 0 aliphatic rings. The largest absolute Gasteiger partial charge is 0.352 e. The SMILES string of the molecule is Cc1ccc([C@H](CC(=O)NCc2ccccc2)n2cccc2)cc1. The third-order valence-corrected chi connectivity index (χ3v) is 4.16. The molecule has 1 heterocycles. The van der Waals surface area contributed by atoms with E-state index in [2.05, 4.69) is 41.1 Å². The number of hydrogen-bond acceptors (Lipinski definition) is 1. The zero-order chi connectivity index (χ0) is 16.8. The summed E-state index contributed by atoms with van der Waals surface area (Å²) in [6, 6.07) is 22.4. The molecule has 122 valence electrons. The Bertz CT molecular complexity index is 761. The van der Waals surface area contributed by atoms with E-state index in [9.17, 15) is 4.79 Å². The maximum atomic E-state index is 12.4. The molecular formula is C21H22N2O. The first-order valence-electron chi connectivity index (χ1n) is 8.22. The van der Waals surface area contributed by atoms with E-state index in [1.165, 1.54) is 5.56 Å². The minimum atomic E-state index is 0.0105. The first-order chi connectivity index (χ1) is 11.7. The second-order valence-corrected chi connectivity index (χ2v) is 6.02. The number of hydrogen-bond donors (Lipinski definition) is 1. The molecule has 24 heavy (non-hydrogen) atoms. The lowest BCUT2D eigenvalue weighted by atomic mass is 10.0. The molecule has 3 rings (SSSR count). The molecular weight excluding hydrogens is 296 g/mol. The van der Waals surface area contributed by atoms with Crippen LogP contribution in [0, 0.1) is 6.92 Å². The van der Waals surface area contributed by atoms with Crippen LogP contribution in [0.25, 0.3) is 0 Å². The Labute approximate surface area is 143 Å². The van der Waals surface area contributed by atoms with Gasteiger partial charge in [-0.25, -0.2) is 0 Å². The summed E-state index contributed by atoms with van der Waals surface area (Å²) >= 11 is 0. The van der Waals surface area contributed by atoms with E-state index >= 15 is 0 Å². The summed E-state index contributed by atoms with van der Waals surface area (Å²) in [5, 5.41) is 3.02. The highest BCUT2D eigenvalue weighted by atomic mass is 16.1. The van der Waals surface area contributed by atoms with Crippen molar-refractivity contribution in [2.24, 2.45) is 0 Å². The Morgan fingerprint density at radius 2 is 1.62 bits per heavy atom. The lowest BCUT2D eigenvalue weighted by molar-refractivity contribution is -0.121. The predicted octanol–water partition coefficient (Wildman–Crippen LogP) is 4.09. The van der Waals surface area contributed by atoms with Crippen molar-refractivity contribution >= 4 is 5.91 Å². The number of aryl methyl sites for hydroxylation is 1. The van der Waals surface area contributed by atoms with Gasteiger partial charge in [-0.1, -0.05) is 60.2 Å². The predicted molar refractivity (Wildman–Crippen MR) is 96.7 cm³/mol. The van der Waals surface area contributed by atoms with E-state index < -0.39 is 0 Å². The maximum Gasteiger partial charge on any atom is 0.222 e. The van der Waals surface area contributed by atoms with E-state index in [-0.39, 0.29) is 11.9 Å². The number of nitrogens with one attached hydrogen (secondary N) is 1. The molecule has 2 aromatic carbocycles. The molecule has 1 aromatic heterocycles. The zero-order valence-corrected chi connectivity index (χ0v) is 13.9. The topological polar surface area (TPSA) is 34.0 Å². The molecule has 0 saturated carbocycles.